The van der Waals surface area contributed by atoms with Gasteiger partial charge in [0.1, 0.15) is 6.10 Å². The van der Waals surface area contributed by atoms with Crippen molar-refractivity contribution >= 4 is 0 Å². The van der Waals surface area contributed by atoms with Gasteiger partial charge in [0.25, 0.3) is 0 Å². The van der Waals surface area contributed by atoms with E-state index in [1.165, 1.54) is 44.1 Å². The van der Waals surface area contributed by atoms with Crippen LogP contribution in [0.3, 0.4) is 0 Å². The van der Waals surface area contributed by atoms with Crippen molar-refractivity contribution in [3.63, 3.8) is 0 Å². The van der Waals surface area contributed by atoms with Crippen molar-refractivity contribution in [3.05, 3.63) is 11.6 Å². The Morgan fingerprint density at radius 2 is 1.77 bits per heavy atom. The van der Waals surface area contributed by atoms with Crippen LogP contribution in [0.25, 0.3) is 0 Å². The van der Waals surface area contributed by atoms with Crippen LogP contribution in [0.2, 0.25) is 0 Å². The van der Waals surface area contributed by atoms with Gasteiger partial charge in [0.2, 0.25) is 0 Å². The van der Waals surface area contributed by atoms with Gasteiger partial charge in [-0.2, -0.15) is 0 Å². The van der Waals surface area contributed by atoms with E-state index in [2.05, 4.69) is 33.8 Å². The van der Waals surface area contributed by atoms with Crippen LogP contribution in [-0.4, -0.2) is 63.3 Å². The quantitative estimate of drug-likeness (QED) is 0.222. The van der Waals surface area contributed by atoms with E-state index in [1.54, 1.807) is 0 Å². The molecule has 0 aromatic carbocycles. The van der Waals surface area contributed by atoms with Gasteiger partial charge in [0.15, 0.2) is 6.29 Å². The average Bonchev–Trinajstić information content (AvgIpc) is 3.15. The zero-order valence-corrected chi connectivity index (χ0v) is 26.1. The summed E-state index contributed by atoms with van der Waals surface area (Å²) in [7, 11) is 0. The Bertz CT molecular complexity index is 928. The van der Waals surface area contributed by atoms with Gasteiger partial charge in [-0.3, -0.25) is 0 Å². The molecule has 3 unspecified atom stereocenters. The summed E-state index contributed by atoms with van der Waals surface area (Å²) < 4.78 is 12.2. The van der Waals surface area contributed by atoms with E-state index in [1.807, 2.05) is 13.8 Å². The second-order valence-corrected chi connectivity index (χ2v) is 15.8. The van der Waals surface area contributed by atoms with Crippen molar-refractivity contribution in [2.45, 2.75) is 155 Å². The Balaban J connectivity index is 1.28. The molecule has 1 saturated heterocycles. The highest BCUT2D eigenvalue weighted by Gasteiger charge is 2.66. The fraction of sp³-hybridized carbons (Fsp3) is 0.941. The minimum atomic E-state index is -1.09. The second-order valence-electron chi connectivity index (χ2n) is 15.8. The molecule has 0 amide bonds. The van der Waals surface area contributed by atoms with Crippen LogP contribution in [0.1, 0.15) is 119 Å². The Kier molecular flexibility index (Phi) is 8.67. The molecule has 12 atom stereocenters. The molecule has 6 heteroatoms. The van der Waals surface area contributed by atoms with Gasteiger partial charge in [0.05, 0.1) is 30.5 Å². The SMILES string of the molecule is C[C@@H]1C2=CCC3[C@@](C)(CC[C@]4(C)C(CCCCC(C)(C)O)CC[C@@]34C)C2CC[C@@H]1O[C@@H]1O[C@H](CO)C[C@H](O)[C@H]1O. The first-order chi connectivity index (χ1) is 18.7. The standard InChI is InChI=1S/C34H58O6/c1-21-24-10-13-28-32(4,25(24)11-12-27(21)40-30-29(37)26(36)19-23(20-35)39-30)17-18-33(5)22(14-16-34(28,33)6)9-7-8-15-31(2,3)38/h10,21-23,25-30,35-38H,7-9,11-20H2,1-6H3/t21-,22?,23+,25?,26+,27+,28?,29-,30+,32+,33-,34+/m1/s1. The van der Waals surface area contributed by atoms with Crippen LogP contribution in [0.15, 0.2) is 11.6 Å². The molecular weight excluding hydrogens is 504 g/mol. The fourth-order valence-corrected chi connectivity index (χ4v) is 10.5. The monoisotopic (exact) mass is 562 g/mol. The number of hydrogen-bond donors (Lipinski definition) is 4. The van der Waals surface area contributed by atoms with E-state index >= 15 is 0 Å². The maximum absolute atomic E-state index is 10.6. The summed E-state index contributed by atoms with van der Waals surface area (Å²) in [5.74, 6) is 2.30. The van der Waals surface area contributed by atoms with E-state index in [9.17, 15) is 20.4 Å². The number of aliphatic hydroxyl groups is 4. The van der Waals surface area contributed by atoms with Gasteiger partial charge in [-0.15, -0.1) is 0 Å². The Hall–Kier alpha value is -0.500. The highest BCUT2D eigenvalue weighted by molar-refractivity contribution is 5.27. The molecule has 0 radical (unpaired) electrons. The van der Waals surface area contributed by atoms with Gasteiger partial charge in [-0.25, -0.2) is 0 Å². The topological polar surface area (TPSA) is 99.4 Å². The molecule has 230 valence electrons. The van der Waals surface area contributed by atoms with Crippen LogP contribution in [-0.2, 0) is 9.47 Å². The van der Waals surface area contributed by atoms with Gasteiger partial charge < -0.3 is 29.9 Å². The number of unbranched alkanes of at least 4 members (excludes halogenated alkanes) is 1. The van der Waals surface area contributed by atoms with Gasteiger partial charge >= 0.3 is 0 Å². The summed E-state index contributed by atoms with van der Waals surface area (Å²) in [6, 6.07) is 0. The number of ether oxygens (including phenoxy) is 2. The van der Waals surface area contributed by atoms with Crippen molar-refractivity contribution < 1.29 is 29.9 Å². The zero-order valence-electron chi connectivity index (χ0n) is 26.1. The maximum atomic E-state index is 10.6. The Morgan fingerprint density at radius 3 is 2.48 bits per heavy atom. The molecule has 0 spiro atoms. The molecular formula is C34H58O6. The van der Waals surface area contributed by atoms with Gasteiger partial charge in [0, 0.05) is 12.3 Å². The molecule has 4 aliphatic carbocycles. The highest BCUT2D eigenvalue weighted by Crippen LogP contribution is 2.74. The van der Waals surface area contributed by atoms with E-state index in [0.717, 1.165) is 38.0 Å². The minimum Gasteiger partial charge on any atom is -0.394 e. The van der Waals surface area contributed by atoms with E-state index in [0.29, 0.717) is 28.1 Å². The highest BCUT2D eigenvalue weighted by atomic mass is 16.7. The average molecular weight is 563 g/mol. The maximum Gasteiger partial charge on any atom is 0.186 e. The smallest absolute Gasteiger partial charge is 0.186 e. The molecule has 40 heavy (non-hydrogen) atoms. The first kappa shape index (κ1) is 30.9. The molecule has 1 aliphatic heterocycles. The third kappa shape index (κ3) is 5.26. The number of hydrogen-bond acceptors (Lipinski definition) is 6. The molecule has 0 aromatic heterocycles. The summed E-state index contributed by atoms with van der Waals surface area (Å²) in [5.41, 5.74) is 2.02. The molecule has 0 bridgehead atoms. The molecule has 3 saturated carbocycles. The number of fused-ring (bicyclic) bond motifs is 5. The van der Waals surface area contributed by atoms with Crippen molar-refractivity contribution in [2.24, 2.45) is 39.9 Å². The van der Waals surface area contributed by atoms with E-state index < -0.39 is 30.2 Å². The first-order valence-corrected chi connectivity index (χ1v) is 16.4. The fourth-order valence-electron chi connectivity index (χ4n) is 10.5. The Morgan fingerprint density at radius 1 is 1.02 bits per heavy atom. The molecule has 4 fully saturated rings. The third-order valence-electron chi connectivity index (χ3n) is 13.2. The Labute approximate surface area is 242 Å². The summed E-state index contributed by atoms with van der Waals surface area (Å²) in [6.07, 6.45) is 12.3. The third-order valence-corrected chi connectivity index (χ3v) is 13.2. The van der Waals surface area contributed by atoms with Crippen LogP contribution in [0.5, 0.6) is 0 Å². The lowest BCUT2D eigenvalue weighted by molar-refractivity contribution is -0.290. The van der Waals surface area contributed by atoms with Crippen molar-refractivity contribution in [3.8, 4) is 0 Å². The van der Waals surface area contributed by atoms with Crippen molar-refractivity contribution in [1.29, 1.82) is 0 Å². The number of allylic oxidation sites excluding steroid dienone is 1. The molecule has 5 rings (SSSR count). The summed E-state index contributed by atoms with van der Waals surface area (Å²) in [6.45, 7) is 13.8. The number of aliphatic hydroxyl groups excluding tert-OH is 3. The second kappa shape index (κ2) is 11.2. The molecule has 6 nitrogen and oxygen atoms in total. The van der Waals surface area contributed by atoms with E-state index in [-0.39, 0.29) is 25.0 Å². The minimum absolute atomic E-state index is 0.0591. The largest absolute Gasteiger partial charge is 0.394 e. The summed E-state index contributed by atoms with van der Waals surface area (Å²) >= 11 is 0. The van der Waals surface area contributed by atoms with Gasteiger partial charge in [-0.05, 0) is 106 Å². The molecule has 0 aromatic rings. The normalized spacial score (nSPS) is 49.1. The van der Waals surface area contributed by atoms with Crippen LogP contribution < -0.4 is 0 Å². The first-order valence-electron chi connectivity index (χ1n) is 16.4. The predicted octanol–water partition coefficient (Wildman–Crippen LogP) is 5.75. The van der Waals surface area contributed by atoms with Crippen LogP contribution in [0, 0.1) is 39.9 Å². The molecule has 5 aliphatic rings. The van der Waals surface area contributed by atoms with Gasteiger partial charge in [-0.1, -0.05) is 52.2 Å². The van der Waals surface area contributed by atoms with Crippen molar-refractivity contribution in [2.75, 3.05) is 6.61 Å². The lowest BCUT2D eigenvalue weighted by Crippen LogP contribution is -2.58. The van der Waals surface area contributed by atoms with Crippen LogP contribution >= 0.6 is 0 Å². The van der Waals surface area contributed by atoms with E-state index in [4.69, 9.17) is 9.47 Å². The molecule has 4 N–H and O–H groups in total. The zero-order chi connectivity index (χ0) is 29.1. The lowest BCUT2D eigenvalue weighted by atomic mass is 9.40. The summed E-state index contributed by atoms with van der Waals surface area (Å²) in [4.78, 5) is 0. The lowest BCUT2D eigenvalue weighted by Gasteiger charge is -2.65. The predicted molar refractivity (Wildman–Crippen MR) is 156 cm³/mol. The molecule has 1 heterocycles. The van der Waals surface area contributed by atoms with Crippen molar-refractivity contribution in [1.82, 2.24) is 0 Å². The summed E-state index contributed by atoms with van der Waals surface area (Å²) in [5, 5.41) is 40.6. The van der Waals surface area contributed by atoms with Crippen LogP contribution in [0.4, 0.5) is 0 Å². The number of rotatable bonds is 8.